The first kappa shape index (κ1) is 45.0. The molecule has 0 bridgehead atoms. The molecule has 69 heavy (non-hydrogen) atoms. The molecule has 5 aliphatic rings. The first-order valence-corrected chi connectivity index (χ1v) is 23.3. The zero-order valence-corrected chi connectivity index (χ0v) is 38.1. The van der Waals surface area contributed by atoms with Crippen LogP contribution in [-0.4, -0.2) is 103 Å². The number of amides is 6. The van der Waals surface area contributed by atoms with Crippen molar-refractivity contribution >= 4 is 69.1 Å². The second kappa shape index (κ2) is 18.3. The van der Waals surface area contributed by atoms with Gasteiger partial charge in [0, 0.05) is 80.0 Å². The summed E-state index contributed by atoms with van der Waals surface area (Å²) < 4.78 is 25.6. The molecule has 1 aromatic heterocycles. The Hall–Kier alpha value is -7.82. The van der Waals surface area contributed by atoms with Crippen LogP contribution in [0, 0.1) is 17.2 Å². The highest BCUT2D eigenvalue weighted by molar-refractivity contribution is 6.23. The number of ether oxygens (including phenoxy) is 2. The topological polar surface area (TPSA) is 183 Å². The van der Waals surface area contributed by atoms with Crippen LogP contribution in [-0.2, 0) is 19.2 Å². The number of nitrogens with zero attached hydrogens (tertiary/aromatic N) is 5. The third-order valence-corrected chi connectivity index (χ3v) is 14.0. The minimum Gasteiger partial charge on any atom is -0.495 e. The largest absolute Gasteiger partial charge is 0.495 e. The monoisotopic (exact) mass is 934 g/mol. The lowest BCUT2D eigenvalue weighted by atomic mass is 9.92. The second-order valence-electron chi connectivity index (χ2n) is 18.3. The number of allylic oxidation sites excluding steroid dienone is 1. The van der Waals surface area contributed by atoms with Gasteiger partial charge in [0.25, 0.3) is 11.8 Å². The molecule has 1 aliphatic carbocycles. The van der Waals surface area contributed by atoms with Crippen LogP contribution in [0.25, 0.3) is 10.9 Å². The van der Waals surface area contributed by atoms with Crippen LogP contribution in [0.15, 0.2) is 103 Å². The standard InChI is InChI=1S/C52H51FN8O8/c1-31-3-14-42(47(63)55-31)61-48(64)38-13-10-36(28-39(38)49(61)65)58-23-25-60(26-24-58)46(62)27-32-16-21-59(22-17-32)43-30-41-40(29-45(43)68-2)44(15-20-54-41)69-37-11-8-35(9-12-37)57-51(67)52(18-19-52)50(66)56-34-6-4-33(53)5-7-34/h4-13,15,20,28-30,32,42H,1,3,14,16-19,21-27H2,2H3,(H,55,63)(H,56,66)(H,57,67). The molecule has 0 spiro atoms. The van der Waals surface area contributed by atoms with E-state index >= 15 is 0 Å². The summed E-state index contributed by atoms with van der Waals surface area (Å²) in [4.78, 5) is 91.2. The predicted octanol–water partition coefficient (Wildman–Crippen LogP) is 6.88. The average Bonchev–Trinajstić information content (AvgIpc) is 4.14. The van der Waals surface area contributed by atoms with Gasteiger partial charge in [-0.1, -0.05) is 6.58 Å². The van der Waals surface area contributed by atoms with Gasteiger partial charge in [-0.3, -0.25) is 38.7 Å². The highest BCUT2D eigenvalue weighted by Crippen LogP contribution is 2.48. The van der Waals surface area contributed by atoms with Crippen molar-refractivity contribution in [3.8, 4) is 17.2 Å². The Kier molecular flexibility index (Phi) is 12.0. The molecular formula is C52H51FN8O8. The normalized spacial score (nSPS) is 19.0. The van der Waals surface area contributed by atoms with E-state index in [4.69, 9.17) is 9.47 Å². The quantitative estimate of drug-likeness (QED) is 0.0877. The van der Waals surface area contributed by atoms with Crippen LogP contribution in [0.1, 0.15) is 65.7 Å². The van der Waals surface area contributed by atoms with Crippen molar-refractivity contribution in [3.05, 3.63) is 120 Å². The molecule has 3 saturated heterocycles. The maximum absolute atomic E-state index is 13.6. The van der Waals surface area contributed by atoms with Crippen LogP contribution >= 0.6 is 0 Å². The fraction of sp³-hybridized carbons (Fsp3) is 0.327. The van der Waals surface area contributed by atoms with Gasteiger partial charge in [-0.25, -0.2) is 4.39 Å². The van der Waals surface area contributed by atoms with Crippen molar-refractivity contribution < 1.29 is 42.6 Å². The predicted molar refractivity (Wildman–Crippen MR) is 256 cm³/mol. The van der Waals surface area contributed by atoms with E-state index in [2.05, 4.69) is 37.3 Å². The highest BCUT2D eigenvalue weighted by atomic mass is 19.1. The summed E-state index contributed by atoms with van der Waals surface area (Å²) in [5.41, 5.74) is 3.33. The second-order valence-corrected chi connectivity index (χ2v) is 18.3. The van der Waals surface area contributed by atoms with E-state index in [0.717, 1.165) is 53.1 Å². The molecule has 17 heteroatoms. The van der Waals surface area contributed by atoms with E-state index in [0.29, 0.717) is 104 Å². The molecule has 5 aromatic rings. The number of hydrogen-bond donors (Lipinski definition) is 3. The SMILES string of the molecule is C=C1CCC(N2C(=O)c3ccc(N4CCN(C(=O)CC5CCN(c6cc7nccc(Oc8ccc(NC(=O)C9(C(=O)Nc%10ccc(F)cc%10)CC9)cc8)c7cc6OC)CC5)CC4)cc3C2=O)C(=O)N1. The number of carbonyl (C=O) groups excluding carboxylic acids is 6. The Bertz CT molecular complexity index is 2910. The summed E-state index contributed by atoms with van der Waals surface area (Å²) in [5, 5.41) is 8.99. The van der Waals surface area contributed by atoms with Crippen molar-refractivity contribution in [1.29, 1.82) is 0 Å². The van der Waals surface area contributed by atoms with Crippen LogP contribution in [0.2, 0.25) is 0 Å². The Labute approximate surface area is 397 Å². The molecule has 4 fully saturated rings. The van der Waals surface area contributed by atoms with E-state index in [1.54, 1.807) is 55.8 Å². The molecule has 10 rings (SSSR count). The Morgan fingerprint density at radius 3 is 2.10 bits per heavy atom. The molecule has 354 valence electrons. The number of piperidine rings is 2. The van der Waals surface area contributed by atoms with E-state index in [9.17, 15) is 33.2 Å². The van der Waals surface area contributed by atoms with Crippen LogP contribution in [0.4, 0.5) is 27.1 Å². The maximum atomic E-state index is 13.6. The number of hydrogen-bond acceptors (Lipinski definition) is 11. The summed E-state index contributed by atoms with van der Waals surface area (Å²) in [5.74, 6) is -0.466. The summed E-state index contributed by atoms with van der Waals surface area (Å²) in [6, 6.07) is 22.3. The average molecular weight is 935 g/mol. The smallest absolute Gasteiger partial charge is 0.262 e. The van der Waals surface area contributed by atoms with Gasteiger partial charge in [0.1, 0.15) is 34.5 Å². The fourth-order valence-corrected chi connectivity index (χ4v) is 9.79. The van der Waals surface area contributed by atoms with Crippen molar-refractivity contribution in [2.75, 3.05) is 66.8 Å². The molecule has 1 unspecified atom stereocenters. The fourth-order valence-electron chi connectivity index (χ4n) is 9.79. The molecule has 1 saturated carbocycles. The van der Waals surface area contributed by atoms with E-state index in [1.807, 2.05) is 23.1 Å². The minimum absolute atomic E-state index is 0.127. The van der Waals surface area contributed by atoms with Gasteiger partial charge in [0.15, 0.2) is 0 Å². The maximum Gasteiger partial charge on any atom is 0.262 e. The third-order valence-electron chi connectivity index (χ3n) is 14.0. The molecular weight excluding hydrogens is 884 g/mol. The number of rotatable bonds is 12. The molecule has 3 N–H and O–H groups in total. The first-order chi connectivity index (χ1) is 33.4. The number of anilines is 4. The zero-order chi connectivity index (χ0) is 48.0. The first-order valence-electron chi connectivity index (χ1n) is 23.3. The summed E-state index contributed by atoms with van der Waals surface area (Å²) in [6.45, 7) is 7.53. The molecule has 4 aliphatic heterocycles. The summed E-state index contributed by atoms with van der Waals surface area (Å²) >= 11 is 0. The van der Waals surface area contributed by atoms with E-state index in [-0.39, 0.29) is 11.8 Å². The number of carbonyl (C=O) groups is 6. The highest BCUT2D eigenvalue weighted by Gasteiger charge is 2.56. The number of aromatic nitrogens is 1. The molecule has 6 amide bonds. The van der Waals surface area contributed by atoms with Crippen LogP contribution in [0.3, 0.4) is 0 Å². The Morgan fingerprint density at radius 2 is 1.45 bits per heavy atom. The van der Waals surface area contributed by atoms with Crippen molar-refractivity contribution in [3.63, 3.8) is 0 Å². The number of methoxy groups -OCH3 is 1. The molecule has 1 atom stereocenters. The van der Waals surface area contributed by atoms with Crippen LogP contribution < -0.4 is 35.2 Å². The minimum atomic E-state index is -1.19. The van der Waals surface area contributed by atoms with Crippen LogP contribution in [0.5, 0.6) is 17.2 Å². The molecule has 5 heterocycles. The van der Waals surface area contributed by atoms with Gasteiger partial charge in [-0.2, -0.15) is 0 Å². The van der Waals surface area contributed by atoms with Gasteiger partial charge in [-0.15, -0.1) is 0 Å². The number of piperazine rings is 1. The number of benzene rings is 4. The number of nitrogens with one attached hydrogen (secondary N) is 3. The van der Waals surface area contributed by atoms with Crippen molar-refractivity contribution in [1.82, 2.24) is 20.1 Å². The summed E-state index contributed by atoms with van der Waals surface area (Å²) in [7, 11) is 1.63. The number of fused-ring (bicyclic) bond motifs is 2. The lowest BCUT2D eigenvalue weighted by molar-refractivity contribution is -0.133. The van der Waals surface area contributed by atoms with Crippen molar-refractivity contribution in [2.24, 2.45) is 11.3 Å². The Balaban J connectivity index is 0.710. The lowest BCUT2D eigenvalue weighted by Gasteiger charge is -2.38. The van der Waals surface area contributed by atoms with E-state index in [1.165, 1.54) is 24.3 Å². The van der Waals surface area contributed by atoms with E-state index < -0.39 is 46.8 Å². The molecule has 0 radical (unpaired) electrons. The van der Waals surface area contributed by atoms with Gasteiger partial charge in [0.05, 0.1) is 29.4 Å². The lowest BCUT2D eigenvalue weighted by Crippen LogP contribution is -2.51. The zero-order valence-electron chi connectivity index (χ0n) is 38.1. The van der Waals surface area contributed by atoms with Gasteiger partial charge in [0.2, 0.25) is 23.6 Å². The number of pyridine rings is 1. The van der Waals surface area contributed by atoms with Gasteiger partial charge in [-0.05, 0) is 129 Å². The van der Waals surface area contributed by atoms with Gasteiger partial charge >= 0.3 is 0 Å². The number of imide groups is 1. The number of halogens is 1. The van der Waals surface area contributed by atoms with Crippen molar-refractivity contribution in [2.45, 2.75) is 51.0 Å². The Morgan fingerprint density at radius 1 is 0.783 bits per heavy atom. The summed E-state index contributed by atoms with van der Waals surface area (Å²) in [6.07, 6.45) is 5.48. The third kappa shape index (κ3) is 8.91. The molecule has 4 aromatic carbocycles. The molecule has 16 nitrogen and oxygen atoms in total. The van der Waals surface area contributed by atoms with Gasteiger partial charge < -0.3 is 40.1 Å².